The molecule has 15 nitrogen and oxygen atoms in total. The topological polar surface area (TPSA) is 228 Å². The van der Waals surface area contributed by atoms with E-state index in [-0.39, 0.29) is 135 Å². The summed E-state index contributed by atoms with van der Waals surface area (Å²) < 4.78 is 28.7. The molecule has 7 rings (SSSR count). The molecule has 1 aliphatic heterocycles. The van der Waals surface area contributed by atoms with Crippen LogP contribution < -0.4 is 14.8 Å². The Bertz CT molecular complexity index is 2210. The van der Waals surface area contributed by atoms with Crippen molar-refractivity contribution in [2.24, 2.45) is 16.7 Å². The van der Waals surface area contributed by atoms with Crippen molar-refractivity contribution >= 4 is 23.6 Å². The number of nitrogens with one attached hydrogen (secondary N) is 1. The molecular formula is C45H51Ac2NO14. The molecule has 2 radical (unpaired) electrons. The van der Waals surface area contributed by atoms with Crippen LogP contribution in [0.1, 0.15) is 72.9 Å². The van der Waals surface area contributed by atoms with Crippen molar-refractivity contribution in [2.75, 3.05) is 20.8 Å². The Morgan fingerprint density at radius 3 is 2.02 bits per heavy atom. The summed E-state index contributed by atoms with van der Waals surface area (Å²) in [6.07, 6.45) is -10.6. The fourth-order valence-corrected chi connectivity index (χ4v) is 9.93. The second-order valence-electron chi connectivity index (χ2n) is 16.9. The van der Waals surface area contributed by atoms with Gasteiger partial charge in [0.05, 0.1) is 50.1 Å². The number of carbonyl (C=O) groups is 4. The van der Waals surface area contributed by atoms with Gasteiger partial charge in [-0.1, -0.05) is 56.3 Å². The van der Waals surface area contributed by atoms with Gasteiger partial charge in [-0.15, -0.1) is 0 Å². The number of fused-ring (bicyclic) bond motifs is 5. The first-order valence-electron chi connectivity index (χ1n) is 19.8. The average Bonchev–Trinajstić information content (AvgIpc) is 3.24. The molecule has 10 unspecified atom stereocenters. The van der Waals surface area contributed by atoms with Gasteiger partial charge in [0.2, 0.25) is 0 Å². The molecule has 1 heterocycles. The summed E-state index contributed by atoms with van der Waals surface area (Å²) in [5.74, 6) is -4.67. The van der Waals surface area contributed by atoms with Crippen molar-refractivity contribution in [3.63, 3.8) is 0 Å². The van der Waals surface area contributed by atoms with Crippen LogP contribution in [0.5, 0.6) is 11.5 Å². The molecule has 2 bridgehead atoms. The van der Waals surface area contributed by atoms with E-state index in [0.29, 0.717) is 5.75 Å². The summed E-state index contributed by atoms with van der Waals surface area (Å²) >= 11 is 0. The van der Waals surface area contributed by atoms with Gasteiger partial charge in [-0.05, 0) is 67.0 Å². The zero-order valence-corrected chi connectivity index (χ0v) is 44.8. The monoisotopic (exact) mass is 1280 g/mol. The number of methoxy groups -OCH3 is 2. The number of aliphatic hydroxyl groups is 5. The van der Waals surface area contributed by atoms with E-state index in [1.807, 2.05) is 0 Å². The Hall–Kier alpha value is -2.28. The molecule has 3 fully saturated rings. The molecule has 11 atom stereocenters. The summed E-state index contributed by atoms with van der Waals surface area (Å²) in [6.45, 7) is 5.65. The number of esters is 2. The Balaban J connectivity index is 0.00000363. The predicted octanol–water partition coefficient (Wildman–Crippen LogP) is 2.61. The molecule has 6 N–H and O–H groups in total. The van der Waals surface area contributed by atoms with Crippen LogP contribution in [0.15, 0.2) is 90.0 Å². The van der Waals surface area contributed by atoms with E-state index >= 15 is 0 Å². The van der Waals surface area contributed by atoms with Gasteiger partial charge < -0.3 is 54.5 Å². The second kappa shape index (κ2) is 19.3. The first-order valence-corrected chi connectivity index (χ1v) is 19.8. The summed E-state index contributed by atoms with van der Waals surface area (Å²) in [5, 5.41) is 64.0. The maximum Gasteiger partial charge on any atom is 0.338 e. The van der Waals surface area contributed by atoms with Crippen LogP contribution in [-0.4, -0.2) is 118 Å². The molecule has 62 heavy (non-hydrogen) atoms. The molecule has 0 aromatic heterocycles. The first kappa shape index (κ1) is 50.7. The molecule has 3 aromatic carbocycles. The maximum atomic E-state index is 14.8. The standard InChI is InChI=1S/C45H51NO14.2Ac/c1-23-29(59-41(53)35(49)33(46-39(51)24-13-9-7-10-14-24)26-17-18-27(56-5)28(19-26)57-6)21-45(55)38(60-40(52)25-15-11-8-12-16-25)36-43(4,30(47)20-31-44(36,54)22-58-31)37(50)34(48)32(23)42(45,2)3;;/h7-19,29-31,33-36,38,47-49,54-55H,20-22H2,1-6H3,(H,46,51);;/t29?,30?,31?,33?,34?,35?,36?,38?,43-,44?,45?;;/m1../s1. The smallest absolute Gasteiger partial charge is 0.338 e. The van der Waals surface area contributed by atoms with Gasteiger partial charge in [0.25, 0.3) is 5.91 Å². The van der Waals surface area contributed by atoms with Crippen LogP contribution in [0, 0.1) is 105 Å². The summed E-state index contributed by atoms with van der Waals surface area (Å²) in [6, 6.07) is 19.1. The fraction of sp³-hybridized carbons (Fsp3) is 0.467. The Morgan fingerprint density at radius 1 is 0.855 bits per heavy atom. The summed E-state index contributed by atoms with van der Waals surface area (Å²) in [5.41, 5.74) is -7.22. The maximum absolute atomic E-state index is 14.8. The van der Waals surface area contributed by atoms with Gasteiger partial charge in [0, 0.05) is 118 Å². The van der Waals surface area contributed by atoms with Crippen LogP contribution in [0.25, 0.3) is 0 Å². The van der Waals surface area contributed by atoms with Gasteiger partial charge in [0.15, 0.2) is 23.4 Å². The molecule has 3 aliphatic carbocycles. The number of carbonyl (C=O) groups excluding carboxylic acids is 4. The van der Waals surface area contributed by atoms with Crippen LogP contribution in [-0.2, 0) is 23.8 Å². The number of aliphatic hydroxyl groups excluding tert-OH is 3. The van der Waals surface area contributed by atoms with Crippen LogP contribution in [0.3, 0.4) is 0 Å². The molecule has 1 saturated heterocycles. The quantitative estimate of drug-likeness (QED) is 0.127. The fourth-order valence-electron chi connectivity index (χ4n) is 9.93. The first-order chi connectivity index (χ1) is 28.3. The Kier molecular flexibility index (Phi) is 15.8. The molecule has 3 aromatic rings. The third-order valence-corrected chi connectivity index (χ3v) is 13.5. The zero-order chi connectivity index (χ0) is 43.5. The van der Waals surface area contributed by atoms with Crippen molar-refractivity contribution in [3.8, 4) is 11.5 Å². The van der Waals surface area contributed by atoms with E-state index in [0.717, 1.165) is 0 Å². The number of hydrogen-bond donors (Lipinski definition) is 6. The van der Waals surface area contributed by atoms with E-state index < -0.39 is 101 Å². The zero-order valence-electron chi connectivity index (χ0n) is 35.3. The summed E-state index contributed by atoms with van der Waals surface area (Å²) in [4.78, 5) is 56.6. The third-order valence-electron chi connectivity index (χ3n) is 13.5. The number of ketones is 1. The second-order valence-corrected chi connectivity index (χ2v) is 16.9. The number of rotatable bonds is 10. The average molecular weight is 1280 g/mol. The van der Waals surface area contributed by atoms with E-state index in [1.54, 1.807) is 62.4 Å². The number of ether oxygens (including phenoxy) is 5. The van der Waals surface area contributed by atoms with Crippen LogP contribution in [0.4, 0.5) is 0 Å². The molecule has 17 heteroatoms. The van der Waals surface area contributed by atoms with Gasteiger partial charge in [-0.2, -0.15) is 0 Å². The minimum atomic E-state index is -2.34. The van der Waals surface area contributed by atoms with E-state index in [4.69, 9.17) is 23.7 Å². The Labute approximate surface area is 431 Å². The van der Waals surface area contributed by atoms with Crippen LogP contribution >= 0.6 is 0 Å². The van der Waals surface area contributed by atoms with Gasteiger partial charge in [0.1, 0.15) is 29.5 Å². The number of benzene rings is 3. The van der Waals surface area contributed by atoms with E-state index in [1.165, 1.54) is 58.4 Å². The summed E-state index contributed by atoms with van der Waals surface area (Å²) in [7, 11) is 2.83. The Morgan fingerprint density at radius 2 is 1.45 bits per heavy atom. The molecule has 1 amide bonds. The van der Waals surface area contributed by atoms with E-state index in [9.17, 15) is 44.7 Å². The third kappa shape index (κ3) is 8.40. The van der Waals surface area contributed by atoms with Crippen molar-refractivity contribution in [1.29, 1.82) is 0 Å². The van der Waals surface area contributed by atoms with Crippen molar-refractivity contribution in [2.45, 2.75) is 94.4 Å². The molecule has 2 saturated carbocycles. The van der Waals surface area contributed by atoms with Gasteiger partial charge >= 0.3 is 11.9 Å². The largest absolute Gasteiger partial charge is 0.493 e. The molecular weight excluding hydrogens is 1230 g/mol. The number of Topliss-reactive ketones (excluding diaryl/α,β-unsaturated/α-hetero) is 1. The minimum Gasteiger partial charge on any atom is -0.493 e. The number of amides is 1. The molecule has 0 spiro atoms. The van der Waals surface area contributed by atoms with Crippen molar-refractivity contribution < 1.29 is 157 Å². The normalized spacial score (nSPS) is 31.6. The van der Waals surface area contributed by atoms with Crippen molar-refractivity contribution in [1.82, 2.24) is 5.32 Å². The predicted molar refractivity (Wildman–Crippen MR) is 212 cm³/mol. The van der Waals surface area contributed by atoms with Gasteiger partial charge in [-0.3, -0.25) is 9.59 Å². The molecule has 4 aliphatic rings. The SMILES string of the molecule is COc1ccc(C(NC(=O)c2ccccc2)C(O)C(=O)OC2CC3(O)C(OC(=O)c4ccccc4)C4C5(O)COC5CC(O)[C@@]4(C)C(=O)C(O)C(=C2C)C3(C)C)cc1OC.[Ac].[Ac]. The number of hydrogen-bond acceptors (Lipinski definition) is 14. The van der Waals surface area contributed by atoms with Crippen LogP contribution in [0.2, 0.25) is 0 Å². The minimum absolute atomic E-state index is 0. The van der Waals surface area contributed by atoms with Gasteiger partial charge in [-0.25, -0.2) is 9.59 Å². The molecule has 326 valence electrons. The van der Waals surface area contributed by atoms with E-state index in [2.05, 4.69) is 5.32 Å². The van der Waals surface area contributed by atoms with Crippen molar-refractivity contribution in [3.05, 3.63) is 107 Å².